The molecule has 1 saturated heterocycles. The van der Waals surface area contributed by atoms with E-state index in [1.165, 1.54) is 0 Å². The first-order valence-corrected chi connectivity index (χ1v) is 10.3. The van der Waals surface area contributed by atoms with Gasteiger partial charge in [0.05, 0.1) is 24.5 Å². The molecule has 0 radical (unpaired) electrons. The van der Waals surface area contributed by atoms with Gasteiger partial charge >= 0.3 is 0 Å². The van der Waals surface area contributed by atoms with Gasteiger partial charge in [-0.05, 0) is 25.5 Å². The number of carbonyl (C=O) groups excluding carboxylic acids is 2. The second kappa shape index (κ2) is 9.13. The predicted molar refractivity (Wildman–Crippen MR) is 115 cm³/mol. The van der Waals surface area contributed by atoms with Crippen molar-refractivity contribution in [1.82, 2.24) is 24.9 Å². The van der Waals surface area contributed by atoms with Crippen LogP contribution in [0.3, 0.4) is 0 Å². The molecule has 2 N–H and O–H groups in total. The van der Waals surface area contributed by atoms with Gasteiger partial charge in [-0.3, -0.25) is 19.4 Å². The highest BCUT2D eigenvalue weighted by Crippen LogP contribution is 2.23. The summed E-state index contributed by atoms with van der Waals surface area (Å²) in [6.45, 7) is 5.45. The van der Waals surface area contributed by atoms with Crippen LogP contribution in [0.25, 0.3) is 11.3 Å². The fraction of sp³-hybridized carbons (Fsp3) is 0.364. The summed E-state index contributed by atoms with van der Waals surface area (Å²) in [6.07, 6.45) is 1.45. The lowest BCUT2D eigenvalue weighted by molar-refractivity contribution is -0.144. The lowest BCUT2D eigenvalue weighted by Crippen LogP contribution is -2.50. The number of rotatable bonds is 6. The van der Waals surface area contributed by atoms with Crippen molar-refractivity contribution >= 4 is 17.6 Å². The number of carbonyl (C=O) groups is 2. The second-order valence-corrected chi connectivity index (χ2v) is 7.64. The number of benzene rings is 1. The van der Waals surface area contributed by atoms with Gasteiger partial charge in [0.25, 0.3) is 5.91 Å². The molecule has 1 fully saturated rings. The number of hydrogen-bond acceptors (Lipinski definition) is 5. The standard InChI is InChI=1S/C22H26N6O3/c1-15-5-3-4-6-17(15)18-13-20(25-24-18)23-22(30)19-14-27(11-12-31-19)21(29)8-10-28-9-7-16(2)26-28/h3-7,9,13,19H,8,10-12,14H2,1-2H3,(H2,23,24,25,30). The van der Waals surface area contributed by atoms with Gasteiger partial charge in [0.2, 0.25) is 5.91 Å². The molecule has 1 atom stereocenters. The first kappa shape index (κ1) is 20.8. The zero-order valence-electron chi connectivity index (χ0n) is 17.7. The molecule has 3 aromatic rings. The maximum Gasteiger partial charge on any atom is 0.256 e. The highest BCUT2D eigenvalue weighted by atomic mass is 16.5. The second-order valence-electron chi connectivity index (χ2n) is 7.64. The van der Waals surface area contributed by atoms with E-state index in [0.717, 1.165) is 22.5 Å². The van der Waals surface area contributed by atoms with E-state index < -0.39 is 6.10 Å². The average Bonchev–Trinajstić information content (AvgIpc) is 3.41. The fourth-order valence-corrected chi connectivity index (χ4v) is 3.60. The third kappa shape index (κ3) is 5.00. The molecule has 0 spiro atoms. The fourth-order valence-electron chi connectivity index (χ4n) is 3.60. The molecule has 1 aromatic carbocycles. The van der Waals surface area contributed by atoms with E-state index in [9.17, 15) is 9.59 Å². The molecule has 9 nitrogen and oxygen atoms in total. The molecular weight excluding hydrogens is 396 g/mol. The number of H-pyrrole nitrogens is 1. The molecule has 1 aliphatic rings. The third-order valence-electron chi connectivity index (χ3n) is 5.30. The van der Waals surface area contributed by atoms with Crippen molar-refractivity contribution in [2.24, 2.45) is 0 Å². The maximum atomic E-state index is 12.7. The van der Waals surface area contributed by atoms with Gasteiger partial charge in [0.1, 0.15) is 0 Å². The molecule has 31 heavy (non-hydrogen) atoms. The number of morpholine rings is 1. The summed E-state index contributed by atoms with van der Waals surface area (Å²) in [5, 5.41) is 14.2. The van der Waals surface area contributed by atoms with Crippen molar-refractivity contribution in [3.63, 3.8) is 0 Å². The Morgan fingerprint density at radius 3 is 2.87 bits per heavy atom. The number of anilines is 1. The minimum atomic E-state index is -0.733. The van der Waals surface area contributed by atoms with Crippen molar-refractivity contribution < 1.29 is 14.3 Å². The third-order valence-corrected chi connectivity index (χ3v) is 5.30. The van der Waals surface area contributed by atoms with Crippen LogP contribution in [0.1, 0.15) is 17.7 Å². The Labute approximate surface area is 180 Å². The van der Waals surface area contributed by atoms with Gasteiger partial charge in [0.15, 0.2) is 11.9 Å². The molecule has 0 saturated carbocycles. The van der Waals surface area contributed by atoms with Crippen LogP contribution in [-0.4, -0.2) is 62.5 Å². The summed E-state index contributed by atoms with van der Waals surface area (Å²) in [5.74, 6) is 0.0863. The largest absolute Gasteiger partial charge is 0.365 e. The summed E-state index contributed by atoms with van der Waals surface area (Å²) in [5.41, 5.74) is 3.87. The van der Waals surface area contributed by atoms with Crippen LogP contribution >= 0.6 is 0 Å². The van der Waals surface area contributed by atoms with Crippen LogP contribution in [0, 0.1) is 13.8 Å². The summed E-state index contributed by atoms with van der Waals surface area (Å²) < 4.78 is 7.36. The van der Waals surface area contributed by atoms with Crippen molar-refractivity contribution in [2.75, 3.05) is 25.0 Å². The Kier molecular flexibility index (Phi) is 6.13. The SMILES string of the molecule is Cc1ccn(CCC(=O)N2CCOC(C(=O)Nc3cc(-c4ccccc4C)[nH]n3)C2)n1. The van der Waals surface area contributed by atoms with E-state index in [1.807, 2.05) is 50.4 Å². The molecule has 0 bridgehead atoms. The normalized spacial score (nSPS) is 16.3. The highest BCUT2D eigenvalue weighted by molar-refractivity contribution is 5.94. The van der Waals surface area contributed by atoms with Gasteiger partial charge in [-0.1, -0.05) is 24.3 Å². The van der Waals surface area contributed by atoms with Gasteiger partial charge in [-0.15, -0.1) is 0 Å². The smallest absolute Gasteiger partial charge is 0.256 e. The Morgan fingerprint density at radius 1 is 1.26 bits per heavy atom. The minimum Gasteiger partial charge on any atom is -0.365 e. The first-order chi connectivity index (χ1) is 15.0. The number of ether oxygens (including phenoxy) is 1. The van der Waals surface area contributed by atoms with Crippen LogP contribution in [0.5, 0.6) is 0 Å². The van der Waals surface area contributed by atoms with Crippen LogP contribution in [0.2, 0.25) is 0 Å². The van der Waals surface area contributed by atoms with Crippen LogP contribution < -0.4 is 5.32 Å². The summed E-state index contributed by atoms with van der Waals surface area (Å²) >= 11 is 0. The first-order valence-electron chi connectivity index (χ1n) is 10.3. The number of hydrogen-bond donors (Lipinski definition) is 2. The molecule has 3 heterocycles. The Bertz CT molecular complexity index is 1070. The quantitative estimate of drug-likeness (QED) is 0.633. The van der Waals surface area contributed by atoms with E-state index in [-0.39, 0.29) is 18.4 Å². The Morgan fingerprint density at radius 2 is 2.10 bits per heavy atom. The van der Waals surface area contributed by atoms with Gasteiger partial charge < -0.3 is 15.0 Å². The summed E-state index contributed by atoms with van der Waals surface area (Å²) in [6, 6.07) is 11.6. The number of nitrogens with one attached hydrogen (secondary N) is 2. The number of aryl methyl sites for hydroxylation is 3. The van der Waals surface area contributed by atoms with Crippen molar-refractivity contribution in [1.29, 1.82) is 0 Å². The van der Waals surface area contributed by atoms with Gasteiger partial charge in [-0.2, -0.15) is 10.2 Å². The molecule has 1 unspecified atom stereocenters. The molecule has 162 valence electrons. The molecule has 0 aliphatic carbocycles. The minimum absolute atomic E-state index is 0.0177. The molecule has 2 aromatic heterocycles. The number of aromatic amines is 1. The average molecular weight is 422 g/mol. The van der Waals surface area contributed by atoms with Gasteiger partial charge in [0, 0.05) is 37.3 Å². The zero-order valence-corrected chi connectivity index (χ0v) is 17.7. The predicted octanol–water partition coefficient (Wildman–Crippen LogP) is 2.15. The Balaban J connectivity index is 1.32. The van der Waals surface area contributed by atoms with Gasteiger partial charge in [-0.25, -0.2) is 0 Å². The van der Waals surface area contributed by atoms with Crippen molar-refractivity contribution in [2.45, 2.75) is 32.9 Å². The number of nitrogens with zero attached hydrogens (tertiary/aromatic N) is 4. The lowest BCUT2D eigenvalue weighted by atomic mass is 10.1. The zero-order chi connectivity index (χ0) is 21.8. The maximum absolute atomic E-state index is 12.7. The van der Waals surface area contributed by atoms with E-state index in [4.69, 9.17) is 4.74 Å². The molecular formula is C22H26N6O3. The molecule has 1 aliphatic heterocycles. The van der Waals surface area contributed by atoms with Crippen LogP contribution in [0.4, 0.5) is 5.82 Å². The number of aromatic nitrogens is 4. The van der Waals surface area contributed by atoms with E-state index >= 15 is 0 Å². The lowest BCUT2D eigenvalue weighted by Gasteiger charge is -2.32. The Hall–Kier alpha value is -3.46. The summed E-state index contributed by atoms with van der Waals surface area (Å²) in [7, 11) is 0. The molecule has 2 amide bonds. The van der Waals surface area contributed by atoms with Crippen LogP contribution in [-0.2, 0) is 20.9 Å². The monoisotopic (exact) mass is 422 g/mol. The van der Waals surface area contributed by atoms with Crippen LogP contribution in [0.15, 0.2) is 42.6 Å². The molecule has 9 heteroatoms. The topological polar surface area (TPSA) is 105 Å². The van der Waals surface area contributed by atoms with Crippen molar-refractivity contribution in [3.8, 4) is 11.3 Å². The highest BCUT2D eigenvalue weighted by Gasteiger charge is 2.29. The van der Waals surface area contributed by atoms with E-state index in [1.54, 1.807) is 15.6 Å². The van der Waals surface area contributed by atoms with E-state index in [2.05, 4.69) is 20.6 Å². The molecule has 4 rings (SSSR count). The van der Waals surface area contributed by atoms with E-state index in [0.29, 0.717) is 31.9 Å². The van der Waals surface area contributed by atoms with Crippen molar-refractivity contribution in [3.05, 3.63) is 53.9 Å². The summed E-state index contributed by atoms with van der Waals surface area (Å²) in [4.78, 5) is 26.9. The number of amides is 2.